The second kappa shape index (κ2) is 8.46. The zero-order valence-corrected chi connectivity index (χ0v) is 19.0. The summed E-state index contributed by atoms with van der Waals surface area (Å²) in [5, 5.41) is 2.29. The predicted octanol–water partition coefficient (Wildman–Crippen LogP) is 2.05. The van der Waals surface area contributed by atoms with Gasteiger partial charge < -0.3 is 14.2 Å². The molecule has 2 fully saturated rings. The van der Waals surface area contributed by atoms with E-state index in [1.54, 1.807) is 6.07 Å². The van der Waals surface area contributed by atoms with E-state index in [2.05, 4.69) is 15.2 Å². The number of carbonyl (C=O) groups is 3. The molecule has 9 nitrogen and oxygen atoms in total. The highest BCUT2D eigenvalue weighted by Gasteiger charge is 2.40. The van der Waals surface area contributed by atoms with E-state index < -0.39 is 17.8 Å². The van der Waals surface area contributed by atoms with E-state index in [1.807, 2.05) is 23.1 Å². The third-order valence-electron chi connectivity index (χ3n) is 7.10. The van der Waals surface area contributed by atoms with Crippen molar-refractivity contribution >= 4 is 34.5 Å². The molecule has 0 saturated carbocycles. The third kappa shape index (κ3) is 3.93. The maximum Gasteiger partial charge on any atom is 0.255 e. The van der Waals surface area contributed by atoms with Crippen molar-refractivity contribution in [1.82, 2.24) is 20.1 Å². The number of rotatable bonds is 4. The minimum atomic E-state index is -0.709. The van der Waals surface area contributed by atoms with Gasteiger partial charge in [0.05, 0.1) is 5.69 Å². The van der Waals surface area contributed by atoms with Crippen molar-refractivity contribution in [2.24, 2.45) is 0 Å². The molecule has 3 aliphatic heterocycles. The summed E-state index contributed by atoms with van der Waals surface area (Å²) in [6, 6.07) is 8.30. The number of carbonyl (C=O) groups excluding carboxylic acids is 3. The lowest BCUT2D eigenvalue weighted by atomic mass is 10.0. The van der Waals surface area contributed by atoms with Gasteiger partial charge in [-0.1, -0.05) is 6.07 Å². The van der Waals surface area contributed by atoms with Gasteiger partial charge in [0.1, 0.15) is 17.4 Å². The molecule has 1 aromatic heterocycles. The average molecular weight is 477 g/mol. The largest absolute Gasteiger partial charge is 0.443 e. The second-order valence-electron chi connectivity index (χ2n) is 9.28. The molecular formula is C25H24FN5O4. The molecule has 1 unspecified atom stereocenters. The standard InChI is InChI=1S/C25H24FN5O4/c26-18-11-17-16(13-31(25(17)34)20-2-4-23(32)28-24(20)33)10-21(18)30-7-5-29(6-8-30)12-15-1-3-22-19(9-15)27-14-35-22/h1,3,9-11,14,20H,2,4-8,12-13H2,(H,28,32,33). The van der Waals surface area contributed by atoms with Gasteiger partial charge >= 0.3 is 0 Å². The third-order valence-corrected chi connectivity index (χ3v) is 7.10. The van der Waals surface area contributed by atoms with Crippen LogP contribution in [0.2, 0.25) is 0 Å². The van der Waals surface area contributed by atoms with Gasteiger partial charge in [0.15, 0.2) is 12.0 Å². The van der Waals surface area contributed by atoms with Crippen molar-refractivity contribution in [3.8, 4) is 0 Å². The van der Waals surface area contributed by atoms with E-state index >= 15 is 4.39 Å². The molecule has 3 amide bonds. The molecule has 2 aromatic carbocycles. The van der Waals surface area contributed by atoms with Crippen molar-refractivity contribution in [2.45, 2.75) is 32.0 Å². The molecule has 6 rings (SSSR count). The summed E-state index contributed by atoms with van der Waals surface area (Å²) in [5.74, 6) is -1.61. The van der Waals surface area contributed by atoms with Gasteiger partial charge in [0.25, 0.3) is 5.91 Å². The highest BCUT2D eigenvalue weighted by molar-refractivity contribution is 6.05. The van der Waals surface area contributed by atoms with Crippen molar-refractivity contribution in [3.63, 3.8) is 0 Å². The van der Waals surface area contributed by atoms with Gasteiger partial charge in [-0.3, -0.25) is 24.6 Å². The van der Waals surface area contributed by atoms with Crippen LogP contribution >= 0.6 is 0 Å². The normalized spacial score (nSPS) is 21.1. The summed E-state index contributed by atoms with van der Waals surface area (Å²) in [6.07, 6.45) is 1.91. The molecule has 3 aliphatic rings. The SMILES string of the molecule is O=C1CCC(N2Cc3cc(N4CCN(Cc5ccc6ocnc6c5)CC4)c(F)cc3C2=O)C(=O)N1. The van der Waals surface area contributed by atoms with Crippen LogP contribution < -0.4 is 10.2 Å². The molecule has 0 spiro atoms. The molecule has 2 saturated heterocycles. The maximum atomic E-state index is 15.1. The van der Waals surface area contributed by atoms with Crippen LogP contribution in [-0.4, -0.2) is 64.7 Å². The number of piperazine rings is 1. The van der Waals surface area contributed by atoms with Gasteiger partial charge in [-0.15, -0.1) is 0 Å². The second-order valence-corrected chi connectivity index (χ2v) is 9.28. The zero-order chi connectivity index (χ0) is 24.1. The Kier molecular flexibility index (Phi) is 5.25. The lowest BCUT2D eigenvalue weighted by Crippen LogP contribution is -2.52. The monoisotopic (exact) mass is 477 g/mol. The first-order valence-corrected chi connectivity index (χ1v) is 11.7. The summed E-state index contributed by atoms with van der Waals surface area (Å²) >= 11 is 0. The molecule has 4 heterocycles. The number of aromatic nitrogens is 1. The van der Waals surface area contributed by atoms with Gasteiger partial charge in [0, 0.05) is 51.3 Å². The molecule has 180 valence electrons. The van der Waals surface area contributed by atoms with Crippen LogP contribution in [0.25, 0.3) is 11.1 Å². The van der Waals surface area contributed by atoms with E-state index in [1.165, 1.54) is 17.4 Å². The first-order chi connectivity index (χ1) is 17.0. The maximum absolute atomic E-state index is 15.1. The fraction of sp³-hybridized carbons (Fsp3) is 0.360. The fourth-order valence-electron chi connectivity index (χ4n) is 5.23. The highest BCUT2D eigenvalue weighted by atomic mass is 19.1. The Balaban J connectivity index is 1.13. The Hall–Kier alpha value is -3.79. The predicted molar refractivity (Wildman–Crippen MR) is 124 cm³/mol. The van der Waals surface area contributed by atoms with Crippen LogP contribution in [-0.2, 0) is 22.7 Å². The highest BCUT2D eigenvalue weighted by Crippen LogP contribution is 2.33. The van der Waals surface area contributed by atoms with Crippen molar-refractivity contribution in [1.29, 1.82) is 0 Å². The number of hydrogen-bond donors (Lipinski definition) is 1. The minimum Gasteiger partial charge on any atom is -0.443 e. The van der Waals surface area contributed by atoms with E-state index in [4.69, 9.17) is 4.42 Å². The Bertz CT molecular complexity index is 1350. The number of imide groups is 1. The molecule has 1 atom stereocenters. The van der Waals surface area contributed by atoms with Crippen molar-refractivity contribution < 1.29 is 23.2 Å². The Morgan fingerprint density at radius 1 is 1.09 bits per heavy atom. The lowest BCUT2D eigenvalue weighted by molar-refractivity contribution is -0.136. The topological polar surface area (TPSA) is 99.0 Å². The Labute approximate surface area is 200 Å². The molecule has 3 aromatic rings. The summed E-state index contributed by atoms with van der Waals surface area (Å²) < 4.78 is 20.4. The smallest absolute Gasteiger partial charge is 0.255 e. The van der Waals surface area contributed by atoms with Gasteiger partial charge in [-0.2, -0.15) is 0 Å². The number of oxazole rings is 1. The fourth-order valence-corrected chi connectivity index (χ4v) is 5.23. The van der Waals surface area contributed by atoms with E-state index in [0.717, 1.165) is 36.3 Å². The Morgan fingerprint density at radius 3 is 2.71 bits per heavy atom. The number of piperidine rings is 1. The molecule has 1 N–H and O–H groups in total. The number of nitrogens with zero attached hydrogens (tertiary/aromatic N) is 4. The number of benzene rings is 2. The lowest BCUT2D eigenvalue weighted by Gasteiger charge is -2.36. The summed E-state index contributed by atoms with van der Waals surface area (Å²) in [5.41, 5.74) is 4.22. The number of fused-ring (bicyclic) bond motifs is 2. The van der Waals surface area contributed by atoms with Crippen molar-refractivity contribution in [2.75, 3.05) is 31.1 Å². The Morgan fingerprint density at radius 2 is 1.91 bits per heavy atom. The first kappa shape index (κ1) is 21.7. The number of anilines is 1. The van der Waals surface area contributed by atoms with Crippen LogP contribution in [0.5, 0.6) is 0 Å². The number of amides is 3. The van der Waals surface area contributed by atoms with E-state index in [0.29, 0.717) is 24.3 Å². The van der Waals surface area contributed by atoms with Crippen LogP contribution in [0.15, 0.2) is 41.1 Å². The van der Waals surface area contributed by atoms with Gasteiger partial charge in [-0.05, 0) is 41.8 Å². The van der Waals surface area contributed by atoms with Gasteiger partial charge in [0.2, 0.25) is 11.8 Å². The number of nitrogens with one attached hydrogen (secondary N) is 1. The summed E-state index contributed by atoms with van der Waals surface area (Å²) in [4.78, 5) is 46.6. The summed E-state index contributed by atoms with van der Waals surface area (Å²) in [7, 11) is 0. The average Bonchev–Trinajstić information content (AvgIpc) is 3.43. The van der Waals surface area contributed by atoms with Gasteiger partial charge in [-0.25, -0.2) is 9.37 Å². The first-order valence-electron chi connectivity index (χ1n) is 11.7. The van der Waals surface area contributed by atoms with Crippen LogP contribution in [0, 0.1) is 5.82 Å². The number of halogens is 1. The van der Waals surface area contributed by atoms with E-state index in [-0.39, 0.29) is 36.8 Å². The molecule has 0 bridgehead atoms. The van der Waals surface area contributed by atoms with Crippen molar-refractivity contribution in [3.05, 3.63) is 59.2 Å². The molecule has 10 heteroatoms. The van der Waals surface area contributed by atoms with Crippen LogP contribution in [0.3, 0.4) is 0 Å². The zero-order valence-electron chi connectivity index (χ0n) is 19.0. The minimum absolute atomic E-state index is 0.187. The quantitative estimate of drug-likeness (QED) is 0.575. The van der Waals surface area contributed by atoms with E-state index in [9.17, 15) is 14.4 Å². The molecule has 35 heavy (non-hydrogen) atoms. The number of hydrogen-bond acceptors (Lipinski definition) is 7. The molecule has 0 radical (unpaired) electrons. The summed E-state index contributed by atoms with van der Waals surface area (Å²) in [6.45, 7) is 3.87. The molecular weight excluding hydrogens is 453 g/mol. The van der Waals surface area contributed by atoms with Crippen LogP contribution in [0.1, 0.15) is 34.3 Å². The van der Waals surface area contributed by atoms with Crippen LogP contribution in [0.4, 0.5) is 10.1 Å². The molecule has 0 aliphatic carbocycles.